The van der Waals surface area contributed by atoms with E-state index in [4.69, 9.17) is 23.2 Å². The van der Waals surface area contributed by atoms with Crippen molar-refractivity contribution >= 4 is 39.2 Å². The van der Waals surface area contributed by atoms with Crippen molar-refractivity contribution in [3.8, 4) is 5.75 Å². The van der Waals surface area contributed by atoms with Gasteiger partial charge in [-0.2, -0.15) is 21.6 Å². The molecule has 0 saturated carbocycles. The van der Waals surface area contributed by atoms with Crippen LogP contribution in [0.5, 0.6) is 5.75 Å². The number of benzene rings is 1. The van der Waals surface area contributed by atoms with Crippen LogP contribution in [0.2, 0.25) is 10.0 Å². The predicted octanol–water partition coefficient (Wildman–Crippen LogP) is 2.51. The lowest BCUT2D eigenvalue weighted by Crippen LogP contribution is -2.32. The van der Waals surface area contributed by atoms with E-state index in [2.05, 4.69) is 9.50 Å². The average molecular weight is 364 g/mol. The van der Waals surface area contributed by atoms with Crippen LogP contribution >= 0.6 is 23.2 Å². The van der Waals surface area contributed by atoms with E-state index in [0.717, 1.165) is 6.07 Å². The zero-order valence-corrected chi connectivity index (χ0v) is 12.3. The van der Waals surface area contributed by atoms with Gasteiger partial charge in [0.05, 0.1) is 10.0 Å². The van der Waals surface area contributed by atoms with Gasteiger partial charge in [0.2, 0.25) is 0 Å². The smallest absolute Gasteiger partial charge is 0.373 e. The number of nitrogens with one attached hydrogen (secondary N) is 1. The van der Waals surface area contributed by atoms with E-state index in [9.17, 15) is 26.4 Å². The number of hydrogen-bond acceptors (Lipinski definition) is 4. The van der Waals surface area contributed by atoms with Gasteiger partial charge in [-0.3, -0.25) is 4.79 Å². The first-order valence-electron chi connectivity index (χ1n) is 5.34. The van der Waals surface area contributed by atoms with Gasteiger partial charge in [0.25, 0.3) is 5.91 Å². The fraction of sp³-hybridized carbons (Fsp3) is 0.300. The summed E-state index contributed by atoms with van der Waals surface area (Å²) in [7, 11) is -5.91. The predicted molar refractivity (Wildman–Crippen MR) is 68.1 cm³/mol. The van der Waals surface area contributed by atoms with Crippen LogP contribution in [0.25, 0.3) is 0 Å². The highest BCUT2D eigenvalue weighted by Gasteiger charge is 2.49. The number of amides is 1. The van der Waals surface area contributed by atoms with Gasteiger partial charge in [0.15, 0.2) is 5.75 Å². The Balaban J connectivity index is 2.55. The molecular weight excluding hydrogens is 358 g/mol. The van der Waals surface area contributed by atoms with Gasteiger partial charge in [-0.15, -0.1) is 0 Å². The third-order valence-corrected chi connectivity index (χ3v) is 4.29. The molecule has 0 saturated heterocycles. The van der Waals surface area contributed by atoms with Crippen molar-refractivity contribution in [1.29, 1.82) is 0 Å². The maximum atomic E-state index is 12.3. The van der Waals surface area contributed by atoms with Gasteiger partial charge < -0.3 is 9.50 Å². The van der Waals surface area contributed by atoms with E-state index in [1.807, 2.05) is 0 Å². The molecule has 0 aliphatic carbocycles. The normalized spacial score (nSPS) is 15.4. The van der Waals surface area contributed by atoms with Crippen molar-refractivity contribution in [3.63, 3.8) is 0 Å². The molecule has 1 N–H and O–H groups in total. The van der Waals surface area contributed by atoms with Crippen LogP contribution in [0.3, 0.4) is 0 Å². The molecule has 0 fully saturated rings. The molecule has 5 nitrogen and oxygen atoms in total. The Morgan fingerprint density at radius 1 is 1.29 bits per heavy atom. The quantitative estimate of drug-likeness (QED) is 0.647. The Morgan fingerprint density at radius 3 is 2.48 bits per heavy atom. The lowest BCUT2D eigenvalue weighted by Gasteiger charge is -2.20. The van der Waals surface area contributed by atoms with E-state index in [1.165, 1.54) is 0 Å². The second kappa shape index (κ2) is 5.22. The molecule has 1 heterocycles. The Hall–Kier alpha value is -1.19. The molecular formula is C10H6Cl2F3NO4S. The molecule has 1 aromatic rings. The highest BCUT2D eigenvalue weighted by molar-refractivity contribution is 7.88. The van der Waals surface area contributed by atoms with Crippen molar-refractivity contribution in [3.05, 3.63) is 27.2 Å². The summed E-state index contributed by atoms with van der Waals surface area (Å²) in [6, 6.07) is 1.01. The number of alkyl halides is 3. The minimum Gasteiger partial charge on any atom is -0.373 e. The topological polar surface area (TPSA) is 72.5 Å². The summed E-state index contributed by atoms with van der Waals surface area (Å²) in [6.45, 7) is 0.207. The Kier molecular flexibility index (Phi) is 4.02. The molecule has 0 aromatic heterocycles. The summed E-state index contributed by atoms with van der Waals surface area (Å²) in [5, 5.41) is 1.55. The van der Waals surface area contributed by atoms with E-state index in [1.54, 1.807) is 0 Å². The van der Waals surface area contributed by atoms with Crippen molar-refractivity contribution in [2.75, 3.05) is 6.54 Å². The molecule has 116 valence electrons. The van der Waals surface area contributed by atoms with Gasteiger partial charge in [-0.1, -0.05) is 23.2 Å². The molecule has 0 atom stereocenters. The van der Waals surface area contributed by atoms with Gasteiger partial charge in [0, 0.05) is 12.1 Å². The summed E-state index contributed by atoms with van der Waals surface area (Å²) in [6.07, 6.45) is 0.208. The van der Waals surface area contributed by atoms with Crippen LogP contribution in [-0.2, 0) is 16.5 Å². The molecule has 0 unspecified atom stereocenters. The van der Waals surface area contributed by atoms with E-state index >= 15 is 0 Å². The SMILES string of the molecule is O=C1NCCc2c1cc(Cl)c(OS(=O)(=O)C(F)(F)F)c2Cl. The number of carbonyl (C=O) groups is 1. The van der Waals surface area contributed by atoms with Crippen molar-refractivity contribution < 1.29 is 30.6 Å². The largest absolute Gasteiger partial charge is 0.534 e. The molecule has 1 aromatic carbocycles. The summed E-state index contributed by atoms with van der Waals surface area (Å²) in [5.74, 6) is -1.35. The molecule has 1 amide bonds. The summed E-state index contributed by atoms with van der Waals surface area (Å²) >= 11 is 11.5. The molecule has 2 rings (SSSR count). The van der Waals surface area contributed by atoms with Crippen LogP contribution in [0.1, 0.15) is 15.9 Å². The number of halogens is 5. The average Bonchev–Trinajstić information content (AvgIpc) is 2.34. The molecule has 0 radical (unpaired) electrons. The fourth-order valence-corrected chi connectivity index (χ4v) is 2.92. The van der Waals surface area contributed by atoms with Crippen molar-refractivity contribution in [2.45, 2.75) is 11.9 Å². The molecule has 0 bridgehead atoms. The van der Waals surface area contributed by atoms with Crippen LogP contribution in [0.4, 0.5) is 13.2 Å². The Labute approximate surface area is 127 Å². The minimum atomic E-state index is -5.91. The van der Waals surface area contributed by atoms with Crippen LogP contribution in [-0.4, -0.2) is 26.4 Å². The van der Waals surface area contributed by atoms with E-state index in [0.29, 0.717) is 0 Å². The second-order valence-electron chi connectivity index (χ2n) is 4.02. The van der Waals surface area contributed by atoms with Crippen LogP contribution in [0, 0.1) is 0 Å². The summed E-state index contributed by atoms with van der Waals surface area (Å²) in [5.41, 5.74) is -5.38. The third-order valence-electron chi connectivity index (χ3n) is 2.66. The molecule has 11 heteroatoms. The van der Waals surface area contributed by atoms with Crippen molar-refractivity contribution in [2.24, 2.45) is 0 Å². The van der Waals surface area contributed by atoms with Gasteiger partial charge >= 0.3 is 15.6 Å². The molecule has 21 heavy (non-hydrogen) atoms. The van der Waals surface area contributed by atoms with Crippen molar-refractivity contribution in [1.82, 2.24) is 5.32 Å². The van der Waals surface area contributed by atoms with Gasteiger partial charge in [0.1, 0.15) is 0 Å². The molecule has 1 aliphatic heterocycles. The monoisotopic (exact) mass is 363 g/mol. The number of fused-ring (bicyclic) bond motifs is 1. The first-order chi connectivity index (χ1) is 9.54. The number of carbonyl (C=O) groups excluding carboxylic acids is 1. The zero-order chi connectivity index (χ0) is 16.0. The fourth-order valence-electron chi connectivity index (χ4n) is 1.72. The highest BCUT2D eigenvalue weighted by atomic mass is 35.5. The maximum absolute atomic E-state index is 12.3. The maximum Gasteiger partial charge on any atom is 0.534 e. The molecule has 0 spiro atoms. The second-order valence-corrected chi connectivity index (χ2v) is 6.34. The van der Waals surface area contributed by atoms with E-state index in [-0.39, 0.29) is 24.1 Å². The van der Waals surface area contributed by atoms with Crippen LogP contribution < -0.4 is 9.50 Å². The lowest BCUT2D eigenvalue weighted by molar-refractivity contribution is -0.0500. The number of hydrogen-bond donors (Lipinski definition) is 1. The number of rotatable bonds is 2. The zero-order valence-electron chi connectivity index (χ0n) is 9.92. The summed E-state index contributed by atoms with van der Waals surface area (Å²) < 4.78 is 63.0. The third kappa shape index (κ3) is 2.90. The molecule has 1 aliphatic rings. The van der Waals surface area contributed by atoms with Gasteiger partial charge in [-0.05, 0) is 18.1 Å². The van der Waals surface area contributed by atoms with E-state index < -0.39 is 37.3 Å². The first kappa shape index (κ1) is 16.2. The van der Waals surface area contributed by atoms with Crippen LogP contribution in [0.15, 0.2) is 6.07 Å². The standard InChI is InChI=1S/C10H6Cl2F3NO4S/c11-6-3-5-4(1-2-16-9(5)17)7(12)8(6)20-21(18,19)10(13,14)15/h3H,1-2H2,(H,16,17). The minimum absolute atomic E-state index is 0.0630. The Bertz CT molecular complexity index is 718. The Morgan fingerprint density at radius 2 is 1.90 bits per heavy atom. The highest BCUT2D eigenvalue weighted by Crippen LogP contribution is 2.41. The summed E-state index contributed by atoms with van der Waals surface area (Å²) in [4.78, 5) is 11.6. The lowest BCUT2D eigenvalue weighted by atomic mass is 10.00. The van der Waals surface area contributed by atoms with Gasteiger partial charge in [-0.25, -0.2) is 0 Å². The first-order valence-corrected chi connectivity index (χ1v) is 7.51.